The van der Waals surface area contributed by atoms with Crippen molar-refractivity contribution in [2.24, 2.45) is 0 Å². The molecule has 0 fully saturated rings. The molecule has 3 aromatic heterocycles. The maximum Gasteiger partial charge on any atom is 0.506 e. The van der Waals surface area contributed by atoms with Gasteiger partial charge >= 0.3 is 11.9 Å². The quantitative estimate of drug-likeness (QED) is 0.0225. The Hall–Kier alpha value is -7.07. The van der Waals surface area contributed by atoms with Gasteiger partial charge in [0.15, 0.2) is 0 Å². The van der Waals surface area contributed by atoms with Gasteiger partial charge in [-0.15, -0.1) is 0 Å². The number of rotatable bonds is 25. The number of carbonyl (C=O) groups is 4. The van der Waals surface area contributed by atoms with E-state index in [2.05, 4.69) is 130 Å². The van der Waals surface area contributed by atoms with E-state index in [0.29, 0.717) is 50.2 Å². The maximum absolute atomic E-state index is 15.0. The van der Waals surface area contributed by atoms with Crippen LogP contribution >= 0.6 is 0 Å². The molecule has 4 aromatic carbocycles. The minimum atomic E-state index is -0.547. The first-order valence-corrected chi connectivity index (χ1v) is 25.9. The fraction of sp³-hybridized carbons (Fsp3) is 0.397. The molecule has 0 bridgehead atoms. The standard InChI is InChI=1S/C58H73N11O4/c1-8-24-61-27-29-68(58(73)69-53-30-41(37-59-2)16-18-45(53)33-46-19-17-42(38-60-3)31-54(46)69)57(72)48-34-47(39-62-40-48)56(71)64-26-13-10-12-25-63-55(70)15-11-9-14-28-67-51-35-49(65(4)5)22-20-43(51)32-44-21-23-50(66(6)7)36-52(44)67/h16-23,30-36,39-40,59-61H,8-15,24-29,37-38H2,1-7H3/p+2. The summed E-state index contributed by atoms with van der Waals surface area (Å²) in [5, 5.41) is 19.9. The van der Waals surface area contributed by atoms with Crippen molar-refractivity contribution >= 4 is 78.7 Å². The molecule has 0 saturated carbocycles. The summed E-state index contributed by atoms with van der Waals surface area (Å²) in [7, 11) is 12.0. The Morgan fingerprint density at radius 1 is 0.562 bits per heavy atom. The van der Waals surface area contributed by atoms with Gasteiger partial charge in [-0.2, -0.15) is 18.8 Å². The second-order valence-electron chi connectivity index (χ2n) is 19.3. The third-order valence-electron chi connectivity index (χ3n) is 13.3. The molecular weight excluding hydrogens is 915 g/mol. The summed E-state index contributed by atoms with van der Waals surface area (Å²) in [5.74, 6) is -0.844. The number of fused-ring (bicyclic) bond motifs is 4. The number of nitrogens with one attached hydrogen (secondary N) is 5. The van der Waals surface area contributed by atoms with Crippen molar-refractivity contribution in [1.29, 1.82) is 0 Å². The smallest absolute Gasteiger partial charge is 0.377 e. The summed E-state index contributed by atoms with van der Waals surface area (Å²) >= 11 is 0. The monoisotopic (exact) mass is 990 g/mol. The summed E-state index contributed by atoms with van der Waals surface area (Å²) in [6.07, 6.45) is 9.26. The van der Waals surface area contributed by atoms with E-state index in [0.717, 1.165) is 91.3 Å². The van der Waals surface area contributed by atoms with E-state index < -0.39 is 11.9 Å². The van der Waals surface area contributed by atoms with Gasteiger partial charge in [0.25, 0.3) is 5.91 Å². The van der Waals surface area contributed by atoms with Crippen molar-refractivity contribution in [3.8, 4) is 0 Å². The highest BCUT2D eigenvalue weighted by atomic mass is 16.2. The number of hydrogen-bond donors (Lipinski definition) is 5. The number of unbranched alkanes of at least 4 members (excludes halogenated alkanes) is 4. The maximum atomic E-state index is 15.0. The molecule has 0 atom stereocenters. The number of aryl methyl sites for hydroxylation is 1. The van der Waals surface area contributed by atoms with Crippen molar-refractivity contribution in [2.75, 3.05) is 84.8 Å². The predicted octanol–water partition coefficient (Wildman–Crippen LogP) is 7.23. The van der Waals surface area contributed by atoms with Crippen molar-refractivity contribution in [1.82, 2.24) is 36.5 Å². The molecule has 0 saturated heterocycles. The van der Waals surface area contributed by atoms with Crippen LogP contribution in [0.1, 0.15) is 90.1 Å². The lowest BCUT2D eigenvalue weighted by atomic mass is 10.1. The van der Waals surface area contributed by atoms with E-state index >= 15 is 4.79 Å². The van der Waals surface area contributed by atoms with E-state index in [1.807, 2.05) is 50.5 Å². The molecule has 5 N–H and O–H groups in total. The fourth-order valence-electron chi connectivity index (χ4n) is 9.33. The summed E-state index contributed by atoms with van der Waals surface area (Å²) in [6.45, 7) is 6.36. The number of hydrogen-bond acceptors (Lipinski definition) is 10. The van der Waals surface area contributed by atoms with Crippen LogP contribution in [0.4, 0.5) is 16.2 Å². The van der Waals surface area contributed by atoms with Crippen molar-refractivity contribution < 1.29 is 28.3 Å². The third-order valence-corrected chi connectivity index (χ3v) is 13.3. The Kier molecular flexibility index (Phi) is 19.2. The summed E-state index contributed by atoms with van der Waals surface area (Å²) in [4.78, 5) is 65.6. The van der Waals surface area contributed by atoms with Crippen molar-refractivity contribution in [3.63, 3.8) is 0 Å². The minimum absolute atomic E-state index is 0.0589. The average Bonchev–Trinajstić information content (AvgIpc) is 3.39. The first kappa shape index (κ1) is 53.7. The van der Waals surface area contributed by atoms with Gasteiger partial charge in [0, 0.05) is 131 Å². The molecule has 0 unspecified atom stereocenters. The largest absolute Gasteiger partial charge is 0.506 e. The van der Waals surface area contributed by atoms with Crippen molar-refractivity contribution in [2.45, 2.75) is 77.9 Å². The van der Waals surface area contributed by atoms with Gasteiger partial charge in [-0.1, -0.05) is 31.2 Å². The number of benzene rings is 4. The van der Waals surface area contributed by atoms with Gasteiger partial charge < -0.3 is 36.4 Å². The number of nitrogens with zero attached hydrogens (tertiary/aromatic N) is 6. The zero-order valence-electron chi connectivity index (χ0n) is 43.9. The third kappa shape index (κ3) is 13.7. The van der Waals surface area contributed by atoms with Crippen LogP contribution in [0.25, 0.3) is 43.6 Å². The van der Waals surface area contributed by atoms with Crippen LogP contribution in [0.5, 0.6) is 0 Å². The molecule has 7 rings (SSSR count). The lowest BCUT2D eigenvalue weighted by Crippen LogP contribution is -2.56. The van der Waals surface area contributed by atoms with Gasteiger partial charge in [-0.25, -0.2) is 4.79 Å². The molecule has 73 heavy (non-hydrogen) atoms. The van der Waals surface area contributed by atoms with Crippen LogP contribution in [-0.2, 0) is 24.4 Å². The van der Waals surface area contributed by atoms with E-state index in [9.17, 15) is 14.4 Å². The van der Waals surface area contributed by atoms with Crippen LogP contribution in [0.3, 0.4) is 0 Å². The Labute approximate surface area is 430 Å². The minimum Gasteiger partial charge on any atom is -0.377 e. The molecule has 0 aliphatic rings. The van der Waals surface area contributed by atoms with Gasteiger partial charge in [0.1, 0.15) is 24.1 Å². The molecule has 15 heteroatoms. The molecule has 0 aliphatic heterocycles. The molecular formula is C58H75N11O4+2. The molecule has 0 spiro atoms. The highest BCUT2D eigenvalue weighted by molar-refractivity contribution is 6.05. The topological polar surface area (TPSA) is 159 Å². The van der Waals surface area contributed by atoms with Gasteiger partial charge in [0.05, 0.1) is 11.1 Å². The predicted molar refractivity (Wildman–Crippen MR) is 294 cm³/mol. The van der Waals surface area contributed by atoms with Crippen LogP contribution in [0, 0.1) is 0 Å². The second kappa shape index (κ2) is 26.1. The number of amides is 4. The highest BCUT2D eigenvalue weighted by Crippen LogP contribution is 2.26. The molecule has 15 nitrogen and oxygen atoms in total. The van der Waals surface area contributed by atoms with Gasteiger partial charge in [-0.05, 0) is 125 Å². The Balaban J connectivity index is 0.905. The van der Waals surface area contributed by atoms with E-state index in [4.69, 9.17) is 0 Å². The molecule has 384 valence electrons. The number of carbonyl (C=O) groups excluding carboxylic acids is 4. The summed E-state index contributed by atoms with van der Waals surface area (Å²) in [6, 6.07) is 30.7. The van der Waals surface area contributed by atoms with Crippen LogP contribution in [0.15, 0.2) is 103 Å². The van der Waals surface area contributed by atoms with Gasteiger partial charge in [0.2, 0.25) is 16.9 Å². The lowest BCUT2D eigenvalue weighted by molar-refractivity contribution is -0.645. The molecule has 7 aromatic rings. The first-order chi connectivity index (χ1) is 35.4. The number of pyridine rings is 3. The lowest BCUT2D eigenvalue weighted by Gasteiger charge is -2.17. The zero-order valence-corrected chi connectivity index (χ0v) is 43.9. The first-order valence-electron chi connectivity index (χ1n) is 25.9. The summed E-state index contributed by atoms with van der Waals surface area (Å²) in [5.41, 5.74) is 8.47. The van der Waals surface area contributed by atoms with Crippen LogP contribution < -0.4 is 45.5 Å². The Morgan fingerprint density at radius 2 is 1.11 bits per heavy atom. The SMILES string of the molecule is CCCNCCN(C(=O)c1cncc(C(=O)NCCCCCNC(=O)CCCCC[n+]2c3cc(N(C)C)ccc3cc3ccc(N(C)C)cc32)c1)C(=O)[n+]1c2cc(CNC)ccc2cc2ccc(CNC)cc21. The normalized spacial score (nSPS) is 11.4. The van der Waals surface area contributed by atoms with Gasteiger partial charge in [-0.3, -0.25) is 14.6 Å². The summed E-state index contributed by atoms with van der Waals surface area (Å²) < 4.78 is 4.08. The average molecular weight is 990 g/mol. The Bertz CT molecular complexity index is 2930. The molecule has 3 heterocycles. The molecule has 0 aliphatic carbocycles. The van der Waals surface area contributed by atoms with Crippen LogP contribution in [-0.4, -0.2) is 109 Å². The Morgan fingerprint density at radius 3 is 1.68 bits per heavy atom. The molecule has 0 radical (unpaired) electrons. The van der Waals surface area contributed by atoms with Crippen molar-refractivity contribution in [3.05, 3.63) is 126 Å². The number of imide groups is 1. The fourth-order valence-corrected chi connectivity index (χ4v) is 9.33. The van der Waals surface area contributed by atoms with Crippen LogP contribution in [0.2, 0.25) is 0 Å². The molecule has 4 amide bonds. The second-order valence-corrected chi connectivity index (χ2v) is 19.3. The van der Waals surface area contributed by atoms with E-state index in [1.54, 1.807) is 4.57 Å². The zero-order chi connectivity index (χ0) is 51.9. The van der Waals surface area contributed by atoms with E-state index in [1.165, 1.54) is 45.2 Å². The highest BCUT2D eigenvalue weighted by Gasteiger charge is 2.36. The number of anilines is 2. The number of aromatic nitrogens is 3. The van der Waals surface area contributed by atoms with E-state index in [-0.39, 0.29) is 29.5 Å².